The van der Waals surface area contributed by atoms with Gasteiger partial charge in [0.05, 0.1) is 24.4 Å². The minimum Gasteiger partial charge on any atom is -0.493 e. The largest absolute Gasteiger partial charge is 0.493 e. The van der Waals surface area contributed by atoms with Gasteiger partial charge in [0.25, 0.3) is 5.91 Å². The van der Waals surface area contributed by atoms with Crippen LogP contribution in [0.3, 0.4) is 0 Å². The van der Waals surface area contributed by atoms with Crippen LogP contribution >= 0.6 is 23.1 Å². The van der Waals surface area contributed by atoms with Crippen molar-refractivity contribution in [2.24, 2.45) is 0 Å². The Balaban J connectivity index is 1.31. The third kappa shape index (κ3) is 4.58. The van der Waals surface area contributed by atoms with E-state index in [-0.39, 0.29) is 5.91 Å². The Hall–Kier alpha value is -3.55. The summed E-state index contributed by atoms with van der Waals surface area (Å²) >= 11 is 3.37. The SMILES string of the molecule is COc1ccc(C(=O)Nc2ccc3nc(SCc4cccc5ccccc45)sc3c2)cc1OC. The second-order valence-electron chi connectivity index (χ2n) is 7.61. The van der Waals surface area contributed by atoms with Crippen molar-refractivity contribution in [3.05, 3.63) is 90.0 Å². The molecular formula is C27H22N2O3S2. The Kier molecular flexibility index (Phi) is 6.38. The molecule has 4 aromatic carbocycles. The molecule has 1 amide bonds. The molecule has 0 radical (unpaired) electrons. The first-order valence-electron chi connectivity index (χ1n) is 10.7. The Morgan fingerprint density at radius 3 is 2.62 bits per heavy atom. The Labute approximate surface area is 205 Å². The number of carbonyl (C=O) groups is 1. The molecule has 1 N–H and O–H groups in total. The van der Waals surface area contributed by atoms with Crippen LogP contribution in [0.1, 0.15) is 15.9 Å². The number of hydrogen-bond acceptors (Lipinski definition) is 6. The van der Waals surface area contributed by atoms with E-state index in [1.807, 2.05) is 18.2 Å². The molecule has 5 aromatic rings. The molecule has 5 nitrogen and oxygen atoms in total. The highest BCUT2D eigenvalue weighted by molar-refractivity contribution is 8.00. The lowest BCUT2D eigenvalue weighted by atomic mass is 10.1. The Morgan fingerprint density at radius 2 is 1.76 bits per heavy atom. The van der Waals surface area contributed by atoms with E-state index in [0.29, 0.717) is 17.1 Å². The number of nitrogens with one attached hydrogen (secondary N) is 1. The number of fused-ring (bicyclic) bond motifs is 2. The van der Waals surface area contributed by atoms with E-state index < -0.39 is 0 Å². The predicted molar refractivity (Wildman–Crippen MR) is 141 cm³/mol. The lowest BCUT2D eigenvalue weighted by molar-refractivity contribution is 0.102. The van der Waals surface area contributed by atoms with Gasteiger partial charge in [0.2, 0.25) is 0 Å². The summed E-state index contributed by atoms with van der Waals surface area (Å²) in [5, 5.41) is 5.49. The quantitative estimate of drug-likeness (QED) is 0.251. The summed E-state index contributed by atoms with van der Waals surface area (Å²) in [4.78, 5) is 17.5. The van der Waals surface area contributed by atoms with Crippen LogP contribution in [0.5, 0.6) is 11.5 Å². The fraction of sp³-hybridized carbons (Fsp3) is 0.111. The molecule has 0 saturated heterocycles. The van der Waals surface area contributed by atoms with Gasteiger partial charge in [0.15, 0.2) is 15.8 Å². The number of methoxy groups -OCH3 is 2. The Bertz CT molecular complexity index is 1490. The van der Waals surface area contributed by atoms with Crippen molar-refractivity contribution >= 4 is 55.7 Å². The number of rotatable bonds is 7. The van der Waals surface area contributed by atoms with E-state index in [0.717, 1.165) is 26.0 Å². The minimum atomic E-state index is -0.213. The highest BCUT2D eigenvalue weighted by Gasteiger charge is 2.13. The van der Waals surface area contributed by atoms with Gasteiger partial charge in [-0.15, -0.1) is 11.3 Å². The molecule has 0 aliphatic carbocycles. The standard InChI is InChI=1S/C27H22N2O3S2/c1-31-23-13-10-18(14-24(23)32-2)26(30)28-20-11-12-22-25(15-20)34-27(29-22)33-16-19-8-5-7-17-6-3-4-9-21(17)19/h3-15H,16H2,1-2H3,(H,28,30). The van der Waals surface area contributed by atoms with Crippen LogP contribution in [0.15, 0.2) is 83.2 Å². The zero-order valence-corrected chi connectivity index (χ0v) is 20.3. The number of thioether (sulfide) groups is 1. The Morgan fingerprint density at radius 1 is 0.941 bits per heavy atom. The molecule has 0 bridgehead atoms. The van der Waals surface area contributed by atoms with E-state index in [1.165, 1.54) is 16.3 Å². The predicted octanol–water partition coefficient (Wildman–Crippen LogP) is 7.01. The highest BCUT2D eigenvalue weighted by Crippen LogP contribution is 2.34. The van der Waals surface area contributed by atoms with Gasteiger partial charge in [-0.2, -0.15) is 0 Å². The summed E-state index contributed by atoms with van der Waals surface area (Å²) < 4.78 is 12.6. The number of nitrogens with zero attached hydrogens (tertiary/aromatic N) is 1. The second-order valence-corrected chi connectivity index (χ2v) is 9.87. The van der Waals surface area contributed by atoms with Gasteiger partial charge >= 0.3 is 0 Å². The van der Waals surface area contributed by atoms with Crippen molar-refractivity contribution in [1.82, 2.24) is 4.98 Å². The number of hydrogen-bond donors (Lipinski definition) is 1. The van der Waals surface area contributed by atoms with Crippen molar-refractivity contribution in [2.75, 3.05) is 19.5 Å². The van der Waals surface area contributed by atoms with Crippen LogP contribution in [-0.2, 0) is 5.75 Å². The lowest BCUT2D eigenvalue weighted by Gasteiger charge is -2.10. The zero-order valence-electron chi connectivity index (χ0n) is 18.7. The average Bonchev–Trinajstić information content (AvgIpc) is 3.29. The molecule has 0 unspecified atom stereocenters. The fourth-order valence-electron chi connectivity index (χ4n) is 3.78. The van der Waals surface area contributed by atoms with Gasteiger partial charge in [0, 0.05) is 17.0 Å². The smallest absolute Gasteiger partial charge is 0.255 e. The van der Waals surface area contributed by atoms with E-state index in [2.05, 4.69) is 47.8 Å². The number of ether oxygens (including phenoxy) is 2. The van der Waals surface area contributed by atoms with Crippen LogP contribution in [0.4, 0.5) is 5.69 Å². The topological polar surface area (TPSA) is 60.5 Å². The van der Waals surface area contributed by atoms with Gasteiger partial charge in [-0.25, -0.2) is 4.98 Å². The normalized spacial score (nSPS) is 11.0. The van der Waals surface area contributed by atoms with Gasteiger partial charge < -0.3 is 14.8 Å². The van der Waals surface area contributed by atoms with E-state index >= 15 is 0 Å². The molecule has 5 rings (SSSR count). The van der Waals surface area contributed by atoms with Gasteiger partial charge in [-0.1, -0.05) is 54.2 Å². The third-order valence-electron chi connectivity index (χ3n) is 5.50. The van der Waals surface area contributed by atoms with Crippen LogP contribution in [-0.4, -0.2) is 25.1 Å². The molecule has 0 atom stereocenters. The van der Waals surface area contributed by atoms with Crippen molar-refractivity contribution in [3.8, 4) is 11.5 Å². The van der Waals surface area contributed by atoms with Crippen molar-refractivity contribution in [2.45, 2.75) is 10.1 Å². The summed E-state index contributed by atoms with van der Waals surface area (Å²) in [7, 11) is 3.11. The monoisotopic (exact) mass is 486 g/mol. The molecule has 0 aliphatic rings. The van der Waals surface area contributed by atoms with Gasteiger partial charge in [-0.3, -0.25) is 4.79 Å². The molecule has 0 spiro atoms. The molecule has 7 heteroatoms. The molecule has 0 saturated carbocycles. The molecule has 34 heavy (non-hydrogen) atoms. The van der Waals surface area contributed by atoms with Crippen LogP contribution in [0.2, 0.25) is 0 Å². The third-order valence-corrected chi connectivity index (χ3v) is 7.71. The summed E-state index contributed by atoms with van der Waals surface area (Å²) in [6.07, 6.45) is 0. The maximum absolute atomic E-state index is 12.8. The fourth-order valence-corrected chi connectivity index (χ4v) is 5.89. The first kappa shape index (κ1) is 22.3. The number of thiazole rings is 1. The number of anilines is 1. The van der Waals surface area contributed by atoms with Crippen LogP contribution in [0, 0.1) is 0 Å². The molecular weight excluding hydrogens is 464 g/mol. The summed E-state index contributed by atoms with van der Waals surface area (Å²) in [5.41, 5.74) is 3.44. The maximum Gasteiger partial charge on any atom is 0.255 e. The highest BCUT2D eigenvalue weighted by atomic mass is 32.2. The molecule has 170 valence electrons. The second kappa shape index (κ2) is 9.75. The zero-order chi connectivity index (χ0) is 23.5. The summed E-state index contributed by atoms with van der Waals surface area (Å²) in [6, 6.07) is 25.7. The number of carbonyl (C=O) groups excluding carboxylic acids is 1. The molecule has 1 heterocycles. The van der Waals surface area contributed by atoms with Crippen molar-refractivity contribution < 1.29 is 14.3 Å². The van der Waals surface area contributed by atoms with Crippen LogP contribution in [0.25, 0.3) is 21.0 Å². The van der Waals surface area contributed by atoms with E-state index in [1.54, 1.807) is 55.5 Å². The number of aromatic nitrogens is 1. The number of benzene rings is 4. The van der Waals surface area contributed by atoms with Crippen LogP contribution < -0.4 is 14.8 Å². The molecule has 0 aliphatic heterocycles. The minimum absolute atomic E-state index is 0.213. The van der Waals surface area contributed by atoms with Crippen molar-refractivity contribution in [3.63, 3.8) is 0 Å². The molecule has 1 aromatic heterocycles. The van der Waals surface area contributed by atoms with E-state index in [9.17, 15) is 4.79 Å². The first-order valence-corrected chi connectivity index (χ1v) is 12.5. The van der Waals surface area contributed by atoms with Gasteiger partial charge in [0.1, 0.15) is 0 Å². The lowest BCUT2D eigenvalue weighted by Crippen LogP contribution is -2.12. The number of amides is 1. The van der Waals surface area contributed by atoms with Gasteiger partial charge in [-0.05, 0) is 52.7 Å². The first-order chi connectivity index (χ1) is 16.6. The summed E-state index contributed by atoms with van der Waals surface area (Å²) in [6.45, 7) is 0. The summed E-state index contributed by atoms with van der Waals surface area (Å²) in [5.74, 6) is 1.74. The maximum atomic E-state index is 12.8. The van der Waals surface area contributed by atoms with E-state index in [4.69, 9.17) is 14.5 Å². The average molecular weight is 487 g/mol. The molecule has 0 fully saturated rings. The van der Waals surface area contributed by atoms with Crippen molar-refractivity contribution in [1.29, 1.82) is 0 Å².